The second-order valence-electron chi connectivity index (χ2n) is 5.53. The van der Waals surface area contributed by atoms with Crippen LogP contribution in [-0.2, 0) is 4.79 Å². The second-order valence-corrected chi connectivity index (χ2v) is 7.45. The molecule has 21 heavy (non-hydrogen) atoms. The van der Waals surface area contributed by atoms with E-state index in [0.29, 0.717) is 5.78 Å². The van der Waals surface area contributed by atoms with E-state index in [1.807, 2.05) is 36.4 Å². The van der Waals surface area contributed by atoms with Gasteiger partial charge in [-0.25, -0.2) is 0 Å². The van der Waals surface area contributed by atoms with E-state index in [9.17, 15) is 4.79 Å². The lowest BCUT2D eigenvalue weighted by Crippen LogP contribution is -2.15. The van der Waals surface area contributed by atoms with Crippen molar-refractivity contribution in [2.75, 3.05) is 0 Å². The van der Waals surface area contributed by atoms with E-state index in [2.05, 4.69) is 31.2 Å². The van der Waals surface area contributed by atoms with Gasteiger partial charge in [0.05, 0.1) is 5.92 Å². The lowest BCUT2D eigenvalue weighted by Gasteiger charge is -2.16. The molecule has 2 rings (SSSR count). The van der Waals surface area contributed by atoms with Gasteiger partial charge in [0.2, 0.25) is 15.2 Å². The van der Waals surface area contributed by atoms with Crippen molar-refractivity contribution in [1.29, 1.82) is 0 Å². The van der Waals surface area contributed by atoms with Gasteiger partial charge >= 0.3 is 0 Å². The highest BCUT2D eigenvalue weighted by Gasteiger charge is 2.21. The van der Waals surface area contributed by atoms with Crippen molar-refractivity contribution >= 4 is 21.0 Å². The van der Waals surface area contributed by atoms with Crippen LogP contribution in [0.2, 0.25) is 10.6 Å². The van der Waals surface area contributed by atoms with Gasteiger partial charge in [0, 0.05) is 0 Å². The zero-order chi connectivity index (χ0) is 14.9. The van der Waals surface area contributed by atoms with Crippen molar-refractivity contribution in [3.05, 3.63) is 71.8 Å². The van der Waals surface area contributed by atoms with Crippen LogP contribution in [-0.4, -0.2) is 21.0 Å². The summed E-state index contributed by atoms with van der Waals surface area (Å²) in [4.78, 5) is 12.7. The van der Waals surface area contributed by atoms with Crippen molar-refractivity contribution in [1.82, 2.24) is 0 Å². The van der Waals surface area contributed by atoms with E-state index in [1.165, 1.54) is 18.1 Å². The SMILES string of the molecule is CCC[CH2][AlH][CH2]C(=O)C(c1ccccc1)c1ccccc1. The summed E-state index contributed by atoms with van der Waals surface area (Å²) >= 11 is -0.249. The van der Waals surface area contributed by atoms with Crippen LogP contribution in [0.3, 0.4) is 0 Å². The molecule has 0 aliphatic carbocycles. The molecule has 0 heterocycles. The summed E-state index contributed by atoms with van der Waals surface area (Å²) in [6.45, 7) is 2.22. The lowest BCUT2D eigenvalue weighted by molar-refractivity contribution is -0.117. The molecule has 2 aromatic rings. The number of Topliss-reactive ketones (excluding diaryl/α,β-unsaturated/α-hetero) is 1. The molecule has 0 saturated heterocycles. The van der Waals surface area contributed by atoms with E-state index < -0.39 is 0 Å². The molecule has 0 aromatic heterocycles. The van der Waals surface area contributed by atoms with Crippen LogP contribution in [0.25, 0.3) is 0 Å². The van der Waals surface area contributed by atoms with Gasteiger partial charge < -0.3 is 4.79 Å². The van der Waals surface area contributed by atoms with Gasteiger partial charge in [-0.3, -0.25) is 0 Å². The predicted octanol–water partition coefficient (Wildman–Crippen LogP) is 4.46. The summed E-state index contributed by atoms with van der Waals surface area (Å²) in [5, 5.41) is 2.10. The zero-order valence-corrected chi connectivity index (χ0v) is 14.2. The molecule has 1 nitrogen and oxygen atoms in total. The normalized spacial score (nSPS) is 10.6. The fraction of sp³-hybridized carbons (Fsp3) is 0.316. The van der Waals surface area contributed by atoms with Crippen LogP contribution in [0, 0.1) is 0 Å². The van der Waals surface area contributed by atoms with E-state index in [0.717, 1.165) is 16.4 Å². The number of ketones is 1. The van der Waals surface area contributed by atoms with Crippen molar-refractivity contribution in [2.24, 2.45) is 0 Å². The van der Waals surface area contributed by atoms with Gasteiger partial charge in [0.25, 0.3) is 0 Å². The third kappa shape index (κ3) is 4.85. The number of benzene rings is 2. The minimum atomic E-state index is -0.249. The second kappa shape index (κ2) is 8.82. The third-order valence-electron chi connectivity index (χ3n) is 3.86. The smallest absolute Gasteiger partial charge is 0.247 e. The molecule has 0 bridgehead atoms. The Hall–Kier alpha value is -1.36. The Balaban J connectivity index is 2.15. The summed E-state index contributed by atoms with van der Waals surface area (Å²) in [5.74, 6) is 0.316. The Labute approximate surface area is 134 Å². The number of rotatable bonds is 8. The maximum atomic E-state index is 12.7. The Morgan fingerprint density at radius 2 is 1.48 bits per heavy atom. The molecule has 0 N–H and O–H groups in total. The van der Waals surface area contributed by atoms with Gasteiger partial charge in [-0.05, 0) is 16.4 Å². The highest BCUT2D eigenvalue weighted by atomic mass is 27.1. The van der Waals surface area contributed by atoms with E-state index in [4.69, 9.17) is 0 Å². The largest absolute Gasteiger partial charge is 0.300 e. The Morgan fingerprint density at radius 1 is 0.952 bits per heavy atom. The van der Waals surface area contributed by atoms with Crippen LogP contribution in [0.4, 0.5) is 0 Å². The molecule has 0 aliphatic heterocycles. The Bertz CT molecular complexity index is 497. The van der Waals surface area contributed by atoms with Crippen LogP contribution in [0.5, 0.6) is 0 Å². The molecule has 2 heteroatoms. The van der Waals surface area contributed by atoms with Gasteiger partial charge in [0.15, 0.2) is 0 Å². The first-order valence-electron chi connectivity index (χ1n) is 7.95. The Kier molecular flexibility index (Phi) is 6.73. The van der Waals surface area contributed by atoms with E-state index in [1.54, 1.807) is 0 Å². The molecule has 0 unspecified atom stereocenters. The van der Waals surface area contributed by atoms with Crippen molar-refractivity contribution in [3.8, 4) is 0 Å². The van der Waals surface area contributed by atoms with Crippen LogP contribution in [0.1, 0.15) is 36.8 Å². The molecule has 0 amide bonds. The molecule has 0 radical (unpaired) electrons. The lowest BCUT2D eigenvalue weighted by atomic mass is 9.88. The topological polar surface area (TPSA) is 17.1 Å². The molecular weight excluding hydrogens is 271 g/mol. The van der Waals surface area contributed by atoms with Gasteiger partial charge in [0.1, 0.15) is 5.78 Å². The zero-order valence-electron chi connectivity index (χ0n) is 12.8. The number of carbonyl (C=O) groups excluding carboxylic acids is 1. The molecule has 108 valence electrons. The maximum Gasteiger partial charge on any atom is 0.247 e. The molecule has 0 fully saturated rings. The third-order valence-corrected chi connectivity index (χ3v) is 5.71. The standard InChI is InChI=1S/C15H13O.C4H9.Al.H/c1-12(16)15(13-8-4-2-5-9-13)14-10-6-3-7-11-14;1-3-4-2;;/h2-11,15H,1H2;1,3-4H2,2H3;;. The van der Waals surface area contributed by atoms with Gasteiger partial charge in [-0.1, -0.05) is 85.7 Å². The van der Waals surface area contributed by atoms with E-state index in [-0.39, 0.29) is 21.1 Å². The fourth-order valence-corrected chi connectivity index (χ4v) is 4.47. The average molecular weight is 294 g/mol. The molecule has 0 spiro atoms. The minimum Gasteiger partial charge on any atom is -0.300 e. The number of hydrogen-bond acceptors (Lipinski definition) is 1. The molecule has 2 aromatic carbocycles. The summed E-state index contributed by atoms with van der Waals surface area (Å²) in [7, 11) is 0. The summed E-state index contributed by atoms with van der Waals surface area (Å²) in [6, 6.07) is 20.4. The van der Waals surface area contributed by atoms with Crippen molar-refractivity contribution in [3.63, 3.8) is 0 Å². The number of hydrogen-bond donors (Lipinski definition) is 0. The minimum absolute atomic E-state index is 0.0819. The summed E-state index contributed by atoms with van der Waals surface area (Å²) in [6.07, 6.45) is 2.52. The molecular formula is C19H23AlO. The summed E-state index contributed by atoms with van der Waals surface area (Å²) in [5.41, 5.74) is 2.25. The molecule has 0 aliphatic rings. The predicted molar refractivity (Wildman–Crippen MR) is 91.4 cm³/mol. The van der Waals surface area contributed by atoms with Gasteiger partial charge in [-0.15, -0.1) is 0 Å². The van der Waals surface area contributed by atoms with Crippen molar-refractivity contribution < 1.29 is 4.79 Å². The van der Waals surface area contributed by atoms with Crippen LogP contribution < -0.4 is 0 Å². The highest BCUT2D eigenvalue weighted by Crippen LogP contribution is 2.26. The van der Waals surface area contributed by atoms with Crippen LogP contribution in [0.15, 0.2) is 60.7 Å². The highest BCUT2D eigenvalue weighted by molar-refractivity contribution is 6.41. The monoisotopic (exact) mass is 294 g/mol. The van der Waals surface area contributed by atoms with Crippen molar-refractivity contribution in [2.45, 2.75) is 36.2 Å². The first-order valence-corrected chi connectivity index (χ1v) is 9.95. The number of unbranched alkanes of at least 4 members (excludes halogenated alkanes) is 1. The first-order chi connectivity index (χ1) is 10.3. The molecule has 0 saturated carbocycles. The van der Waals surface area contributed by atoms with Gasteiger partial charge in [-0.2, -0.15) is 0 Å². The van der Waals surface area contributed by atoms with E-state index >= 15 is 0 Å². The van der Waals surface area contributed by atoms with Crippen LogP contribution >= 0.6 is 0 Å². The quantitative estimate of drug-likeness (QED) is 0.519. The first kappa shape index (κ1) is 16.0. The summed E-state index contributed by atoms with van der Waals surface area (Å²) < 4.78 is 0. The average Bonchev–Trinajstić information content (AvgIpc) is 2.54. The number of carbonyl (C=O) groups is 1. The maximum absolute atomic E-state index is 12.7. The fourth-order valence-electron chi connectivity index (χ4n) is 2.73. The molecule has 0 atom stereocenters. The Morgan fingerprint density at radius 3 is 1.95 bits per heavy atom.